The van der Waals surface area contributed by atoms with Gasteiger partial charge in [0.1, 0.15) is 6.61 Å². The van der Waals surface area contributed by atoms with Crippen LogP contribution in [0, 0.1) is 6.92 Å². The third-order valence-corrected chi connectivity index (χ3v) is 1.32. The summed E-state index contributed by atoms with van der Waals surface area (Å²) < 4.78 is 4.55. The molecule has 0 heterocycles. The van der Waals surface area contributed by atoms with E-state index in [2.05, 4.69) is 18.2 Å². The number of Topliss-reactive ketones (excluding diaryl/α,β-unsaturated/α-hetero) is 1. The second kappa shape index (κ2) is 4.01. The number of nitrogens with two attached hydrogens (primary N) is 1. The smallest absolute Gasteiger partial charge is 0.334 e. The van der Waals surface area contributed by atoms with Crippen LogP contribution in [0.25, 0.3) is 0 Å². The molecule has 0 aliphatic heterocycles. The number of esters is 1. The molecule has 0 saturated heterocycles. The van der Waals surface area contributed by atoms with Crippen molar-refractivity contribution in [1.82, 2.24) is 0 Å². The van der Waals surface area contributed by atoms with E-state index in [1.54, 1.807) is 0 Å². The van der Waals surface area contributed by atoms with Gasteiger partial charge in [0.05, 0.1) is 0 Å². The van der Waals surface area contributed by atoms with Crippen LogP contribution in [0.4, 0.5) is 0 Å². The van der Waals surface area contributed by atoms with Gasteiger partial charge in [0.2, 0.25) is 0 Å². The van der Waals surface area contributed by atoms with E-state index in [0.717, 1.165) is 0 Å². The first-order chi connectivity index (χ1) is 5.42. The predicted octanol–water partition coefficient (Wildman–Crippen LogP) is -0.164. The van der Waals surface area contributed by atoms with E-state index in [1.807, 2.05) is 0 Å². The van der Waals surface area contributed by atoms with Gasteiger partial charge in [-0.05, 0) is 13.8 Å². The summed E-state index contributed by atoms with van der Waals surface area (Å²) in [6.45, 7) is 7.79. The molecule has 0 fully saturated rings. The summed E-state index contributed by atoms with van der Waals surface area (Å²) in [6, 6.07) is 0. The average molecular weight is 170 g/mol. The number of ketones is 1. The topological polar surface area (TPSA) is 69.4 Å². The molecule has 0 aromatic rings. The first kappa shape index (κ1) is 10.8. The molecule has 2 N–H and O–H groups in total. The average Bonchev–Trinajstić information content (AvgIpc) is 1.99. The second-order valence-electron chi connectivity index (χ2n) is 2.41. The minimum Gasteiger partial charge on any atom is -0.460 e. The van der Waals surface area contributed by atoms with Crippen LogP contribution in [-0.4, -0.2) is 23.9 Å². The van der Waals surface area contributed by atoms with Crippen LogP contribution in [0.3, 0.4) is 0 Å². The van der Waals surface area contributed by atoms with Gasteiger partial charge in [-0.3, -0.25) is 4.79 Å². The van der Waals surface area contributed by atoms with Crippen molar-refractivity contribution in [2.24, 2.45) is 5.73 Å². The van der Waals surface area contributed by atoms with Gasteiger partial charge in [-0.1, -0.05) is 12.7 Å². The standard InChI is InChI=1S/C8H12NO3/c1-4-5-12-7(11)8(3,9)6(2)10/h4H,1,3,5,9H2,2H3. The zero-order valence-corrected chi connectivity index (χ0v) is 7.00. The number of rotatable bonds is 4. The molecule has 0 aliphatic rings. The minimum atomic E-state index is -1.79. The minimum absolute atomic E-state index is 0.0284. The maximum Gasteiger partial charge on any atom is 0.334 e. The molecule has 4 nitrogen and oxygen atoms in total. The molecule has 0 aromatic carbocycles. The molecule has 1 atom stereocenters. The second-order valence-corrected chi connectivity index (χ2v) is 2.41. The van der Waals surface area contributed by atoms with Crippen LogP contribution < -0.4 is 5.73 Å². The van der Waals surface area contributed by atoms with Gasteiger partial charge < -0.3 is 10.5 Å². The van der Waals surface area contributed by atoms with Crippen LogP contribution in [0.15, 0.2) is 12.7 Å². The molecule has 0 amide bonds. The first-order valence-corrected chi connectivity index (χ1v) is 3.36. The third-order valence-electron chi connectivity index (χ3n) is 1.32. The van der Waals surface area contributed by atoms with Crippen molar-refractivity contribution in [1.29, 1.82) is 0 Å². The highest BCUT2D eigenvalue weighted by Gasteiger charge is 2.35. The summed E-state index contributed by atoms with van der Waals surface area (Å²) in [5, 5.41) is 0. The number of hydrogen-bond acceptors (Lipinski definition) is 4. The highest BCUT2D eigenvalue weighted by molar-refractivity contribution is 6.08. The molecule has 1 radical (unpaired) electrons. The summed E-state index contributed by atoms with van der Waals surface area (Å²) in [5.41, 5.74) is 3.49. The van der Waals surface area contributed by atoms with Gasteiger partial charge in [-0.15, -0.1) is 0 Å². The van der Waals surface area contributed by atoms with E-state index in [0.29, 0.717) is 0 Å². The van der Waals surface area contributed by atoms with Gasteiger partial charge in [-0.2, -0.15) is 0 Å². The summed E-state index contributed by atoms with van der Waals surface area (Å²) in [6.07, 6.45) is 1.38. The molecular formula is C8H12NO3. The van der Waals surface area contributed by atoms with Gasteiger partial charge >= 0.3 is 5.97 Å². The van der Waals surface area contributed by atoms with E-state index in [-0.39, 0.29) is 6.61 Å². The predicted molar refractivity (Wildman–Crippen MR) is 44.1 cm³/mol. The Morgan fingerprint density at radius 1 is 1.67 bits per heavy atom. The third kappa shape index (κ3) is 2.47. The normalized spacial score (nSPS) is 14.6. The van der Waals surface area contributed by atoms with Crippen molar-refractivity contribution < 1.29 is 14.3 Å². The van der Waals surface area contributed by atoms with Crippen LogP contribution >= 0.6 is 0 Å². The summed E-state index contributed by atoms with van der Waals surface area (Å²) in [5.74, 6) is -1.37. The molecule has 0 saturated carbocycles. The number of carbonyl (C=O) groups excluding carboxylic acids is 2. The molecule has 0 aromatic heterocycles. The molecule has 0 aliphatic carbocycles. The Bertz CT molecular complexity index is 208. The van der Waals surface area contributed by atoms with Crippen LogP contribution in [0.2, 0.25) is 0 Å². The van der Waals surface area contributed by atoms with Gasteiger partial charge in [0.15, 0.2) is 11.3 Å². The van der Waals surface area contributed by atoms with Crippen molar-refractivity contribution in [3.05, 3.63) is 19.6 Å². The van der Waals surface area contributed by atoms with Crippen LogP contribution in [0.5, 0.6) is 0 Å². The lowest BCUT2D eigenvalue weighted by Crippen LogP contribution is -2.52. The van der Waals surface area contributed by atoms with Crippen molar-refractivity contribution >= 4 is 11.8 Å². The molecule has 0 rings (SSSR count). The highest BCUT2D eigenvalue weighted by atomic mass is 16.5. The van der Waals surface area contributed by atoms with E-state index in [4.69, 9.17) is 5.73 Å². The monoisotopic (exact) mass is 170 g/mol. The number of ether oxygens (including phenoxy) is 1. The zero-order chi connectivity index (χ0) is 9.78. The fourth-order valence-corrected chi connectivity index (χ4v) is 0.407. The zero-order valence-electron chi connectivity index (χ0n) is 7.00. The van der Waals surface area contributed by atoms with E-state index < -0.39 is 17.3 Å². The molecule has 4 heteroatoms. The number of carbonyl (C=O) groups is 2. The first-order valence-electron chi connectivity index (χ1n) is 3.36. The SMILES string of the molecule is [CH2]C(N)(C(C)=O)C(=O)OCC=C. The fourth-order valence-electron chi connectivity index (χ4n) is 0.407. The molecule has 0 bridgehead atoms. The van der Waals surface area contributed by atoms with Gasteiger partial charge in [0.25, 0.3) is 0 Å². The van der Waals surface area contributed by atoms with Gasteiger partial charge in [-0.25, -0.2) is 4.79 Å². The summed E-state index contributed by atoms with van der Waals surface area (Å²) in [7, 11) is 0. The van der Waals surface area contributed by atoms with E-state index in [9.17, 15) is 9.59 Å². The van der Waals surface area contributed by atoms with Crippen LogP contribution in [0.1, 0.15) is 6.92 Å². The number of hydrogen-bond donors (Lipinski definition) is 1. The summed E-state index contributed by atoms with van der Waals surface area (Å²) in [4.78, 5) is 21.7. The molecule has 12 heavy (non-hydrogen) atoms. The maximum atomic E-state index is 11.0. The Hall–Kier alpha value is -1.16. The highest BCUT2D eigenvalue weighted by Crippen LogP contribution is 2.02. The van der Waals surface area contributed by atoms with E-state index in [1.165, 1.54) is 13.0 Å². The Morgan fingerprint density at radius 2 is 2.17 bits per heavy atom. The Kier molecular flexibility index (Phi) is 3.63. The molecule has 1 unspecified atom stereocenters. The van der Waals surface area contributed by atoms with Crippen LogP contribution in [-0.2, 0) is 14.3 Å². The van der Waals surface area contributed by atoms with Crippen molar-refractivity contribution in [3.63, 3.8) is 0 Å². The largest absolute Gasteiger partial charge is 0.460 e. The maximum absolute atomic E-state index is 11.0. The fraction of sp³-hybridized carbons (Fsp3) is 0.375. The van der Waals surface area contributed by atoms with E-state index >= 15 is 0 Å². The quantitative estimate of drug-likeness (QED) is 0.361. The Balaban J connectivity index is 4.25. The lowest BCUT2D eigenvalue weighted by molar-refractivity contribution is -0.150. The Morgan fingerprint density at radius 3 is 2.50 bits per heavy atom. The lowest BCUT2D eigenvalue weighted by Gasteiger charge is -2.17. The van der Waals surface area contributed by atoms with Gasteiger partial charge in [0, 0.05) is 0 Å². The molecule has 0 spiro atoms. The van der Waals surface area contributed by atoms with Crippen molar-refractivity contribution in [2.45, 2.75) is 12.5 Å². The van der Waals surface area contributed by atoms with Crippen molar-refractivity contribution in [2.75, 3.05) is 6.61 Å². The molecule has 67 valence electrons. The Labute approximate surface area is 71.4 Å². The molecular weight excluding hydrogens is 158 g/mol. The summed E-state index contributed by atoms with van der Waals surface area (Å²) >= 11 is 0. The van der Waals surface area contributed by atoms with Crippen molar-refractivity contribution in [3.8, 4) is 0 Å². The lowest BCUT2D eigenvalue weighted by atomic mass is 10.00.